The van der Waals surface area contributed by atoms with E-state index in [1.807, 2.05) is 56.3 Å². The number of anilines is 1. The van der Waals surface area contributed by atoms with E-state index in [-0.39, 0.29) is 23.8 Å². The van der Waals surface area contributed by atoms with Crippen molar-refractivity contribution in [3.63, 3.8) is 0 Å². The van der Waals surface area contributed by atoms with Gasteiger partial charge in [0, 0.05) is 29.6 Å². The Balaban J connectivity index is 1.83. The zero-order valence-electron chi connectivity index (χ0n) is 26.2. The van der Waals surface area contributed by atoms with Crippen LogP contribution in [0.4, 0.5) is 5.69 Å². The van der Waals surface area contributed by atoms with E-state index < -0.39 is 28.5 Å². The Bertz CT molecular complexity index is 1750. The summed E-state index contributed by atoms with van der Waals surface area (Å²) in [5.41, 5.74) is 3.32. The standard InChI is InChI=1S/C36H39Cl2N3O4S/c1-4-5-20-39-36(43)34(22-28-12-8-6-9-13-28)40(24-29-18-19-30(37)23-32(29)38)35(42)25-41(33-21-26(2)16-17-27(33)3)46(44,45)31-14-10-7-11-15-31/h6-19,21,23,34H,4-5,20,22,24-25H2,1-3H3,(H,39,43)/t34-/m0/s1. The third-order valence-corrected chi connectivity index (χ3v) is 10.1. The van der Waals surface area contributed by atoms with Crippen LogP contribution < -0.4 is 9.62 Å². The van der Waals surface area contributed by atoms with Crippen LogP contribution in [0.2, 0.25) is 10.0 Å². The molecule has 0 unspecified atom stereocenters. The maximum atomic E-state index is 14.6. The Morgan fingerprint density at radius 2 is 1.54 bits per heavy atom. The number of carbonyl (C=O) groups excluding carboxylic acids is 2. The van der Waals surface area contributed by atoms with Gasteiger partial charge in [0.15, 0.2) is 0 Å². The summed E-state index contributed by atoms with van der Waals surface area (Å²) in [6, 6.07) is 26.9. The van der Waals surface area contributed by atoms with Crippen molar-refractivity contribution in [2.45, 2.75) is 57.5 Å². The fourth-order valence-corrected chi connectivity index (χ4v) is 7.07. The third kappa shape index (κ3) is 8.90. The number of hydrogen-bond acceptors (Lipinski definition) is 4. The smallest absolute Gasteiger partial charge is 0.264 e. The summed E-state index contributed by atoms with van der Waals surface area (Å²) in [6.45, 7) is 5.56. The van der Waals surface area contributed by atoms with Crippen LogP contribution in [0.25, 0.3) is 0 Å². The van der Waals surface area contributed by atoms with Gasteiger partial charge in [0.25, 0.3) is 10.0 Å². The molecule has 1 N–H and O–H groups in total. The Morgan fingerprint density at radius 1 is 0.870 bits per heavy atom. The van der Waals surface area contributed by atoms with E-state index in [0.29, 0.717) is 33.4 Å². The van der Waals surface area contributed by atoms with Crippen molar-refractivity contribution in [1.29, 1.82) is 0 Å². The molecule has 0 spiro atoms. The van der Waals surface area contributed by atoms with Gasteiger partial charge in [-0.1, -0.05) is 103 Å². The summed E-state index contributed by atoms with van der Waals surface area (Å²) in [5, 5.41) is 3.75. The predicted octanol–water partition coefficient (Wildman–Crippen LogP) is 7.36. The molecule has 0 aliphatic heterocycles. The van der Waals surface area contributed by atoms with Gasteiger partial charge in [-0.05, 0) is 72.9 Å². The molecule has 0 bridgehead atoms. The molecule has 46 heavy (non-hydrogen) atoms. The molecule has 0 aromatic heterocycles. The van der Waals surface area contributed by atoms with Crippen molar-refractivity contribution in [2.24, 2.45) is 0 Å². The summed E-state index contributed by atoms with van der Waals surface area (Å²) in [5.74, 6) is -0.891. The normalized spacial score (nSPS) is 11.9. The van der Waals surface area contributed by atoms with Gasteiger partial charge >= 0.3 is 0 Å². The molecule has 0 radical (unpaired) electrons. The van der Waals surface area contributed by atoms with Crippen LogP contribution in [-0.2, 0) is 32.6 Å². The zero-order valence-corrected chi connectivity index (χ0v) is 28.6. The highest BCUT2D eigenvalue weighted by Crippen LogP contribution is 2.29. The van der Waals surface area contributed by atoms with E-state index >= 15 is 0 Å². The van der Waals surface area contributed by atoms with Gasteiger partial charge in [0.2, 0.25) is 11.8 Å². The van der Waals surface area contributed by atoms with Gasteiger partial charge in [-0.3, -0.25) is 13.9 Å². The van der Waals surface area contributed by atoms with Crippen molar-refractivity contribution in [3.05, 3.63) is 129 Å². The number of nitrogens with zero attached hydrogens (tertiary/aromatic N) is 2. The molecule has 0 aliphatic rings. The average molecular weight is 681 g/mol. The number of aryl methyl sites for hydroxylation is 2. The summed E-state index contributed by atoms with van der Waals surface area (Å²) in [6.07, 6.45) is 1.87. The molecule has 2 amide bonds. The van der Waals surface area contributed by atoms with Gasteiger partial charge in [-0.15, -0.1) is 0 Å². The number of benzene rings is 4. The lowest BCUT2D eigenvalue weighted by atomic mass is 10.0. The topological polar surface area (TPSA) is 86.8 Å². The van der Waals surface area contributed by atoms with Gasteiger partial charge in [-0.25, -0.2) is 8.42 Å². The molecule has 0 saturated carbocycles. The summed E-state index contributed by atoms with van der Waals surface area (Å²) in [7, 11) is -4.19. The van der Waals surface area contributed by atoms with Crippen LogP contribution in [-0.4, -0.2) is 44.3 Å². The summed E-state index contributed by atoms with van der Waals surface area (Å²) < 4.78 is 29.6. The highest BCUT2D eigenvalue weighted by molar-refractivity contribution is 7.92. The second kappa shape index (κ2) is 16.1. The van der Waals surface area contributed by atoms with Crippen molar-refractivity contribution < 1.29 is 18.0 Å². The number of unbranched alkanes of at least 4 members (excludes halogenated alkanes) is 1. The second-order valence-corrected chi connectivity index (χ2v) is 13.9. The number of halogens is 2. The monoisotopic (exact) mass is 679 g/mol. The maximum absolute atomic E-state index is 14.6. The van der Waals surface area contributed by atoms with E-state index in [2.05, 4.69) is 5.32 Å². The van der Waals surface area contributed by atoms with Crippen molar-refractivity contribution in [2.75, 3.05) is 17.4 Å². The van der Waals surface area contributed by atoms with Gasteiger partial charge in [-0.2, -0.15) is 0 Å². The molecule has 4 aromatic carbocycles. The van der Waals surface area contributed by atoms with E-state index in [1.165, 1.54) is 17.0 Å². The fraction of sp³-hybridized carbons (Fsp3) is 0.278. The number of hydrogen-bond donors (Lipinski definition) is 1. The number of carbonyl (C=O) groups is 2. The lowest BCUT2D eigenvalue weighted by Crippen LogP contribution is -2.53. The molecule has 0 heterocycles. The van der Waals surface area contributed by atoms with Gasteiger partial charge < -0.3 is 10.2 Å². The van der Waals surface area contributed by atoms with Gasteiger partial charge in [0.1, 0.15) is 12.6 Å². The molecule has 242 valence electrons. The van der Waals surface area contributed by atoms with Crippen LogP contribution >= 0.6 is 23.2 Å². The summed E-state index contributed by atoms with van der Waals surface area (Å²) in [4.78, 5) is 30.0. The fourth-order valence-electron chi connectivity index (χ4n) is 5.11. The minimum atomic E-state index is -4.19. The lowest BCUT2D eigenvalue weighted by Gasteiger charge is -2.34. The van der Waals surface area contributed by atoms with E-state index in [9.17, 15) is 18.0 Å². The highest BCUT2D eigenvalue weighted by atomic mass is 35.5. The van der Waals surface area contributed by atoms with Gasteiger partial charge in [0.05, 0.1) is 10.6 Å². The van der Waals surface area contributed by atoms with Crippen molar-refractivity contribution in [1.82, 2.24) is 10.2 Å². The highest BCUT2D eigenvalue weighted by Gasteiger charge is 2.35. The molecule has 7 nitrogen and oxygen atoms in total. The molecule has 0 saturated heterocycles. The van der Waals surface area contributed by atoms with Crippen LogP contribution in [0.1, 0.15) is 42.0 Å². The predicted molar refractivity (Wildman–Crippen MR) is 186 cm³/mol. The first-order valence-corrected chi connectivity index (χ1v) is 17.4. The summed E-state index contributed by atoms with van der Waals surface area (Å²) >= 11 is 12.8. The van der Waals surface area contributed by atoms with Crippen LogP contribution in [0.5, 0.6) is 0 Å². The van der Waals surface area contributed by atoms with Crippen LogP contribution in [0.3, 0.4) is 0 Å². The number of nitrogens with one attached hydrogen (secondary N) is 1. The second-order valence-electron chi connectivity index (χ2n) is 11.2. The number of sulfonamides is 1. The molecule has 0 fully saturated rings. The lowest BCUT2D eigenvalue weighted by molar-refractivity contribution is -0.140. The number of amides is 2. The van der Waals surface area contributed by atoms with E-state index in [4.69, 9.17) is 23.2 Å². The Kier molecular flexibility index (Phi) is 12.3. The van der Waals surface area contributed by atoms with Crippen LogP contribution in [0, 0.1) is 13.8 Å². The molecule has 1 atom stereocenters. The quantitative estimate of drug-likeness (QED) is 0.141. The average Bonchev–Trinajstić information content (AvgIpc) is 3.04. The molecule has 4 aromatic rings. The Hall–Kier alpha value is -3.85. The van der Waals surface area contributed by atoms with E-state index in [0.717, 1.165) is 28.3 Å². The first-order chi connectivity index (χ1) is 22.0. The first kappa shape index (κ1) is 35.0. The number of rotatable bonds is 14. The molecule has 0 aliphatic carbocycles. The molecular formula is C36H39Cl2N3O4S. The minimum absolute atomic E-state index is 0.0421. The molecule has 4 rings (SSSR count). The molecular weight excluding hydrogens is 641 g/mol. The first-order valence-electron chi connectivity index (χ1n) is 15.2. The van der Waals surface area contributed by atoms with Crippen molar-refractivity contribution in [3.8, 4) is 0 Å². The molecule has 10 heteroatoms. The minimum Gasteiger partial charge on any atom is -0.354 e. The SMILES string of the molecule is CCCCNC(=O)[C@H](Cc1ccccc1)N(Cc1ccc(Cl)cc1Cl)C(=O)CN(c1cc(C)ccc1C)S(=O)(=O)c1ccccc1. The van der Waals surface area contributed by atoms with Crippen molar-refractivity contribution >= 4 is 50.7 Å². The zero-order chi connectivity index (χ0) is 33.3. The Labute approximate surface area is 282 Å². The van der Waals surface area contributed by atoms with E-state index in [1.54, 1.807) is 49.4 Å². The largest absolute Gasteiger partial charge is 0.354 e. The van der Waals surface area contributed by atoms with Crippen LogP contribution in [0.15, 0.2) is 102 Å². The Morgan fingerprint density at radius 3 is 2.20 bits per heavy atom. The maximum Gasteiger partial charge on any atom is 0.264 e. The third-order valence-electron chi connectivity index (χ3n) is 7.70.